The third kappa shape index (κ3) is 4.73. The second-order valence-corrected chi connectivity index (χ2v) is 12.9. The molecule has 2 heteroatoms. The van der Waals surface area contributed by atoms with E-state index in [2.05, 4.69) is 158 Å². The van der Waals surface area contributed by atoms with Crippen LogP contribution in [0.4, 0.5) is 0 Å². The highest BCUT2D eigenvalue weighted by atomic mass is 16.6. The zero-order valence-electron chi connectivity index (χ0n) is 27.1. The molecule has 0 radical (unpaired) electrons. The van der Waals surface area contributed by atoms with Gasteiger partial charge in [-0.2, -0.15) is 0 Å². The van der Waals surface area contributed by atoms with Crippen LogP contribution in [0.2, 0.25) is 0 Å². The van der Waals surface area contributed by atoms with Crippen LogP contribution in [0.1, 0.15) is 0 Å². The van der Waals surface area contributed by atoms with Crippen molar-refractivity contribution in [3.8, 4) is 67.5 Å². The molecule has 1 aliphatic rings. The molecular weight excluding hydrogens is 609 g/mol. The van der Waals surface area contributed by atoms with Crippen molar-refractivity contribution in [2.24, 2.45) is 0 Å². The second-order valence-electron chi connectivity index (χ2n) is 12.9. The summed E-state index contributed by atoms with van der Waals surface area (Å²) in [6, 6.07) is 64.6. The molecule has 0 spiro atoms. The summed E-state index contributed by atoms with van der Waals surface area (Å²) < 4.78 is 12.7. The summed E-state index contributed by atoms with van der Waals surface area (Å²) in [7, 11) is 0. The Morgan fingerprint density at radius 2 is 0.660 bits per heavy atom. The quantitative estimate of drug-likeness (QED) is 0.179. The Labute approximate surface area is 290 Å². The van der Waals surface area contributed by atoms with Crippen molar-refractivity contribution in [1.29, 1.82) is 0 Å². The Bertz CT molecular complexity index is 2690. The summed E-state index contributed by atoms with van der Waals surface area (Å²) in [5.74, 6) is 2.92. The highest BCUT2D eigenvalue weighted by molar-refractivity contribution is 6.21. The van der Waals surface area contributed by atoms with E-state index >= 15 is 0 Å². The summed E-state index contributed by atoms with van der Waals surface area (Å²) in [5.41, 5.74) is 9.54. The minimum atomic E-state index is 0.721. The van der Waals surface area contributed by atoms with Gasteiger partial charge in [0.2, 0.25) is 0 Å². The molecule has 1 heterocycles. The molecule has 1 aliphatic heterocycles. The zero-order valence-corrected chi connectivity index (χ0v) is 27.1. The topological polar surface area (TPSA) is 18.5 Å². The Balaban J connectivity index is 1.05. The monoisotopic (exact) mass is 638 g/mol. The minimum absolute atomic E-state index is 0.721. The normalized spacial score (nSPS) is 11.9. The smallest absolute Gasteiger partial charge is 0.170 e. The predicted octanol–water partition coefficient (Wildman–Crippen LogP) is 13.7. The van der Waals surface area contributed by atoms with Gasteiger partial charge in [0.05, 0.1) is 0 Å². The first-order chi connectivity index (χ1) is 24.8. The van der Waals surface area contributed by atoms with E-state index in [-0.39, 0.29) is 0 Å². The van der Waals surface area contributed by atoms with E-state index in [1.54, 1.807) is 0 Å². The molecule has 0 atom stereocenters. The van der Waals surface area contributed by atoms with Gasteiger partial charge in [0, 0.05) is 0 Å². The van der Waals surface area contributed by atoms with Crippen molar-refractivity contribution >= 4 is 32.3 Å². The molecule has 0 N–H and O–H groups in total. The van der Waals surface area contributed by atoms with E-state index in [4.69, 9.17) is 9.47 Å². The van der Waals surface area contributed by atoms with Gasteiger partial charge in [-0.15, -0.1) is 0 Å². The van der Waals surface area contributed by atoms with Crippen molar-refractivity contribution in [1.82, 2.24) is 0 Å². The first-order valence-electron chi connectivity index (χ1n) is 17.0. The van der Waals surface area contributed by atoms with E-state index < -0.39 is 0 Å². The Hall–Kier alpha value is -6.64. The molecule has 0 fully saturated rings. The molecule has 0 aromatic heterocycles. The Morgan fingerprint density at radius 1 is 0.240 bits per heavy atom. The minimum Gasteiger partial charge on any atom is -0.449 e. The number of hydrogen-bond acceptors (Lipinski definition) is 2. The van der Waals surface area contributed by atoms with Gasteiger partial charge in [-0.05, 0) is 107 Å². The van der Waals surface area contributed by atoms with Crippen LogP contribution < -0.4 is 9.47 Å². The lowest BCUT2D eigenvalue weighted by Crippen LogP contribution is -1.99. The summed E-state index contributed by atoms with van der Waals surface area (Å²) in [6.07, 6.45) is 0. The molecular formula is C48H30O2. The van der Waals surface area contributed by atoms with Crippen LogP contribution in [0.3, 0.4) is 0 Å². The summed E-state index contributed by atoms with van der Waals surface area (Å²) in [4.78, 5) is 0. The fourth-order valence-electron chi connectivity index (χ4n) is 7.51. The first kappa shape index (κ1) is 28.4. The van der Waals surface area contributed by atoms with Crippen LogP contribution in [-0.2, 0) is 0 Å². The maximum absolute atomic E-state index is 6.39. The number of benzene rings is 9. The molecule has 0 aliphatic carbocycles. The fraction of sp³-hybridized carbons (Fsp3) is 0. The standard InChI is InChI=1S/C48H30O2/c1-2-11-31(12-3-1)34-15-10-16-38(27-34)48-41-19-8-6-17-39(41)47(40-18-7-9-20-42(40)48)33-23-21-32(22-24-33)37-25-26-43-44(30-37)50-46-29-36-14-5-4-13-35(36)28-45(46)49-43/h1-30H. The number of rotatable bonds is 4. The molecule has 0 saturated carbocycles. The van der Waals surface area contributed by atoms with Gasteiger partial charge >= 0.3 is 0 Å². The summed E-state index contributed by atoms with van der Waals surface area (Å²) in [5, 5.41) is 7.22. The van der Waals surface area contributed by atoms with Crippen LogP contribution in [0.5, 0.6) is 23.0 Å². The van der Waals surface area contributed by atoms with Gasteiger partial charge in [0.15, 0.2) is 23.0 Å². The first-order valence-corrected chi connectivity index (χ1v) is 17.0. The third-order valence-corrected chi connectivity index (χ3v) is 9.89. The number of ether oxygens (including phenoxy) is 2. The summed E-state index contributed by atoms with van der Waals surface area (Å²) in [6.45, 7) is 0. The molecule has 9 aromatic rings. The van der Waals surface area contributed by atoms with Crippen molar-refractivity contribution in [3.05, 3.63) is 182 Å². The fourth-order valence-corrected chi connectivity index (χ4v) is 7.51. The van der Waals surface area contributed by atoms with Crippen LogP contribution in [0.15, 0.2) is 182 Å². The van der Waals surface area contributed by atoms with Crippen LogP contribution in [-0.4, -0.2) is 0 Å². The number of fused-ring (bicyclic) bond motifs is 5. The van der Waals surface area contributed by atoms with Crippen molar-refractivity contribution in [3.63, 3.8) is 0 Å². The maximum Gasteiger partial charge on any atom is 0.170 e. The lowest BCUT2D eigenvalue weighted by Gasteiger charge is -2.22. The van der Waals surface area contributed by atoms with Crippen molar-refractivity contribution < 1.29 is 9.47 Å². The van der Waals surface area contributed by atoms with Gasteiger partial charge in [-0.1, -0.05) is 152 Å². The van der Waals surface area contributed by atoms with Crippen molar-refractivity contribution in [2.75, 3.05) is 0 Å². The molecule has 9 aromatic carbocycles. The molecule has 0 saturated heterocycles. The highest BCUT2D eigenvalue weighted by Crippen LogP contribution is 2.49. The Kier molecular flexibility index (Phi) is 6.53. The molecule has 50 heavy (non-hydrogen) atoms. The molecule has 0 bridgehead atoms. The maximum atomic E-state index is 6.39. The van der Waals surface area contributed by atoms with Gasteiger partial charge in [0.1, 0.15) is 0 Å². The largest absolute Gasteiger partial charge is 0.449 e. The Morgan fingerprint density at radius 3 is 1.30 bits per heavy atom. The van der Waals surface area contributed by atoms with E-state index in [1.165, 1.54) is 54.9 Å². The molecule has 10 rings (SSSR count). The van der Waals surface area contributed by atoms with Crippen molar-refractivity contribution in [2.45, 2.75) is 0 Å². The van der Waals surface area contributed by atoms with E-state index in [0.717, 1.165) is 44.9 Å². The third-order valence-electron chi connectivity index (χ3n) is 9.89. The molecule has 0 unspecified atom stereocenters. The molecule has 0 amide bonds. The molecule has 234 valence electrons. The van der Waals surface area contributed by atoms with E-state index in [1.807, 2.05) is 24.3 Å². The lowest BCUT2D eigenvalue weighted by molar-refractivity contribution is 0.360. The van der Waals surface area contributed by atoms with Gasteiger partial charge < -0.3 is 9.47 Å². The summed E-state index contributed by atoms with van der Waals surface area (Å²) >= 11 is 0. The highest BCUT2D eigenvalue weighted by Gasteiger charge is 2.21. The SMILES string of the molecule is c1ccc(-c2cccc(-c3c4ccccc4c(-c4ccc(-c5ccc6c(c5)Oc5cc7ccccc7cc5O6)cc4)c4ccccc34)c2)cc1. The second kappa shape index (κ2) is 11.5. The zero-order chi connectivity index (χ0) is 33.0. The van der Waals surface area contributed by atoms with Crippen LogP contribution in [0, 0.1) is 0 Å². The van der Waals surface area contributed by atoms with Crippen LogP contribution >= 0.6 is 0 Å². The average molecular weight is 639 g/mol. The van der Waals surface area contributed by atoms with Gasteiger partial charge in [-0.25, -0.2) is 0 Å². The van der Waals surface area contributed by atoms with Gasteiger partial charge in [0.25, 0.3) is 0 Å². The lowest BCUT2D eigenvalue weighted by atomic mass is 9.85. The average Bonchev–Trinajstić information content (AvgIpc) is 3.18. The predicted molar refractivity (Wildman–Crippen MR) is 207 cm³/mol. The van der Waals surface area contributed by atoms with E-state index in [0.29, 0.717) is 0 Å². The van der Waals surface area contributed by atoms with E-state index in [9.17, 15) is 0 Å². The van der Waals surface area contributed by atoms with Crippen LogP contribution in [0.25, 0.3) is 76.8 Å². The molecule has 2 nitrogen and oxygen atoms in total. The van der Waals surface area contributed by atoms with Gasteiger partial charge in [-0.3, -0.25) is 0 Å². The number of hydrogen-bond donors (Lipinski definition) is 0.